The first-order valence-corrected chi connectivity index (χ1v) is 8.81. The molecule has 7 heteroatoms. The zero-order chi connectivity index (χ0) is 17.4. The summed E-state index contributed by atoms with van der Waals surface area (Å²) in [6.07, 6.45) is 2.11. The monoisotopic (exact) mass is 395 g/mol. The number of halogens is 1. The van der Waals surface area contributed by atoms with Crippen molar-refractivity contribution in [1.29, 1.82) is 0 Å². The largest absolute Gasteiger partial charge is 0.484 e. The normalized spacial score (nSPS) is 29.7. The molecule has 2 heterocycles. The quantitative estimate of drug-likeness (QED) is 0.592. The average molecular weight is 396 g/mol. The van der Waals surface area contributed by atoms with Crippen molar-refractivity contribution in [3.8, 4) is 5.75 Å². The second kappa shape index (κ2) is 6.37. The van der Waals surface area contributed by atoms with E-state index in [1.807, 2.05) is 18.2 Å². The number of nitrogens with one attached hydrogen (secondary N) is 1. The maximum Gasteiger partial charge on any atom is 0.252 e. The minimum absolute atomic E-state index is 0.195. The summed E-state index contributed by atoms with van der Waals surface area (Å²) in [4.78, 5) is 17.5. The van der Waals surface area contributed by atoms with Gasteiger partial charge in [-0.25, -0.2) is 0 Å². The number of aliphatic imine (C=N–C) groups is 1. The Morgan fingerprint density at radius 1 is 1.46 bits per heavy atom. The van der Waals surface area contributed by atoms with Crippen LogP contribution in [0.5, 0.6) is 5.75 Å². The second-order valence-electron chi connectivity index (χ2n) is 6.45. The summed E-state index contributed by atoms with van der Waals surface area (Å²) in [5.74, 6) is 0.821. The third-order valence-electron chi connectivity index (χ3n) is 4.55. The first-order chi connectivity index (χ1) is 11.4. The fraction of sp³-hybridized carbons (Fsp3) is 0.529. The van der Waals surface area contributed by atoms with E-state index >= 15 is 0 Å². The molecule has 1 saturated heterocycles. The number of carbonyl (C=O) groups is 1. The Morgan fingerprint density at radius 2 is 2.25 bits per heavy atom. The molecule has 1 aromatic rings. The number of nitrogens with two attached hydrogens (primary N) is 1. The zero-order valence-corrected chi connectivity index (χ0v) is 15.5. The predicted molar refractivity (Wildman–Crippen MR) is 95.2 cm³/mol. The van der Waals surface area contributed by atoms with Crippen LogP contribution in [0.15, 0.2) is 27.7 Å². The molecule has 2 aliphatic heterocycles. The standard InChI is InChI=1S/C17H22BrN3O3/c1-11(19)21-17(15(22)20-2)9-16(6-3-7-23-10-16)24-14-5-4-12(18)8-13(14)17/h4-5,8H,3,6-7,9-10H2,1-2H3,(H2,19,21)(H,20,22). The van der Waals surface area contributed by atoms with E-state index in [0.717, 1.165) is 22.9 Å². The molecule has 3 rings (SSSR count). The molecule has 0 saturated carbocycles. The molecule has 1 fully saturated rings. The van der Waals surface area contributed by atoms with Gasteiger partial charge in [-0.15, -0.1) is 0 Å². The number of ether oxygens (including phenoxy) is 2. The van der Waals surface area contributed by atoms with E-state index in [-0.39, 0.29) is 5.91 Å². The highest BCUT2D eigenvalue weighted by Crippen LogP contribution is 2.49. The minimum atomic E-state index is -1.12. The highest BCUT2D eigenvalue weighted by atomic mass is 79.9. The summed E-state index contributed by atoms with van der Waals surface area (Å²) in [6.45, 7) is 2.85. The Bertz CT molecular complexity index is 682. The molecule has 0 radical (unpaired) electrons. The molecule has 2 atom stereocenters. The van der Waals surface area contributed by atoms with Gasteiger partial charge in [-0.3, -0.25) is 9.79 Å². The number of amides is 1. The lowest BCUT2D eigenvalue weighted by molar-refractivity contribution is -0.135. The number of nitrogens with zero attached hydrogens (tertiary/aromatic N) is 1. The van der Waals surface area contributed by atoms with Crippen LogP contribution in [-0.2, 0) is 15.1 Å². The third kappa shape index (κ3) is 2.91. The van der Waals surface area contributed by atoms with E-state index in [1.165, 1.54) is 0 Å². The first kappa shape index (κ1) is 17.2. The third-order valence-corrected chi connectivity index (χ3v) is 5.04. The average Bonchev–Trinajstić information content (AvgIpc) is 2.55. The van der Waals surface area contributed by atoms with Crippen LogP contribution in [-0.4, -0.2) is 37.6 Å². The maximum atomic E-state index is 12.9. The molecular formula is C17H22BrN3O3. The lowest BCUT2D eigenvalue weighted by Gasteiger charge is -2.47. The Labute approximate surface area is 149 Å². The smallest absolute Gasteiger partial charge is 0.252 e. The molecule has 24 heavy (non-hydrogen) atoms. The molecule has 130 valence electrons. The predicted octanol–water partition coefficient (Wildman–Crippen LogP) is 2.10. The van der Waals surface area contributed by atoms with Gasteiger partial charge in [0.15, 0.2) is 5.54 Å². The maximum absolute atomic E-state index is 12.9. The molecule has 0 aromatic heterocycles. The van der Waals surface area contributed by atoms with Crippen LogP contribution >= 0.6 is 15.9 Å². The van der Waals surface area contributed by atoms with Crippen molar-refractivity contribution in [3.63, 3.8) is 0 Å². The summed E-state index contributed by atoms with van der Waals surface area (Å²) < 4.78 is 12.8. The van der Waals surface area contributed by atoms with Gasteiger partial charge in [0.05, 0.1) is 12.4 Å². The van der Waals surface area contributed by atoms with E-state index in [0.29, 0.717) is 31.2 Å². The summed E-state index contributed by atoms with van der Waals surface area (Å²) >= 11 is 3.48. The topological polar surface area (TPSA) is 85.9 Å². The number of likely N-dealkylation sites (N-methyl/N-ethyl adjacent to an activating group) is 1. The zero-order valence-electron chi connectivity index (χ0n) is 13.9. The van der Waals surface area contributed by atoms with Gasteiger partial charge < -0.3 is 20.5 Å². The number of hydrogen-bond donors (Lipinski definition) is 2. The molecule has 1 spiro atoms. The molecular weight excluding hydrogens is 374 g/mol. The molecule has 0 bridgehead atoms. The van der Waals surface area contributed by atoms with Crippen LogP contribution in [0.1, 0.15) is 31.7 Å². The van der Waals surface area contributed by atoms with Crippen LogP contribution < -0.4 is 15.8 Å². The summed E-state index contributed by atoms with van der Waals surface area (Å²) in [5, 5.41) is 2.75. The van der Waals surface area contributed by atoms with Gasteiger partial charge in [0, 0.05) is 30.1 Å². The van der Waals surface area contributed by atoms with Crippen molar-refractivity contribution in [3.05, 3.63) is 28.2 Å². The van der Waals surface area contributed by atoms with E-state index in [2.05, 4.69) is 26.2 Å². The molecule has 1 aromatic carbocycles. The first-order valence-electron chi connectivity index (χ1n) is 8.02. The number of fused-ring (bicyclic) bond motifs is 1. The van der Waals surface area contributed by atoms with Gasteiger partial charge in [0.25, 0.3) is 5.91 Å². The number of benzene rings is 1. The van der Waals surface area contributed by atoms with Crippen LogP contribution in [0.2, 0.25) is 0 Å². The van der Waals surface area contributed by atoms with Crippen molar-refractivity contribution in [1.82, 2.24) is 5.32 Å². The molecule has 3 N–H and O–H groups in total. The fourth-order valence-electron chi connectivity index (χ4n) is 3.65. The van der Waals surface area contributed by atoms with Crippen LogP contribution in [0, 0.1) is 0 Å². The number of carbonyl (C=O) groups excluding carboxylic acids is 1. The van der Waals surface area contributed by atoms with Crippen LogP contribution in [0.4, 0.5) is 0 Å². The van der Waals surface area contributed by atoms with Gasteiger partial charge in [-0.2, -0.15) is 0 Å². The lowest BCUT2D eigenvalue weighted by atomic mass is 9.74. The minimum Gasteiger partial charge on any atom is -0.484 e. The number of amidine groups is 1. The number of hydrogen-bond acceptors (Lipinski definition) is 4. The van der Waals surface area contributed by atoms with Gasteiger partial charge in [-0.05, 0) is 38.0 Å². The van der Waals surface area contributed by atoms with E-state index in [4.69, 9.17) is 15.2 Å². The SMILES string of the molecule is CNC(=O)C1(N=C(C)N)CC2(CCCOC2)Oc2ccc(Br)cc21. The molecule has 2 unspecified atom stereocenters. The van der Waals surface area contributed by atoms with E-state index in [1.54, 1.807) is 14.0 Å². The summed E-state index contributed by atoms with van der Waals surface area (Å²) in [6, 6.07) is 5.65. The fourth-order valence-corrected chi connectivity index (χ4v) is 4.01. The van der Waals surface area contributed by atoms with Gasteiger partial charge >= 0.3 is 0 Å². The molecule has 0 aliphatic carbocycles. The highest BCUT2D eigenvalue weighted by Gasteiger charge is 2.54. The van der Waals surface area contributed by atoms with Crippen molar-refractivity contribution in [2.75, 3.05) is 20.3 Å². The Kier molecular flexibility index (Phi) is 4.57. The van der Waals surface area contributed by atoms with Crippen molar-refractivity contribution in [2.24, 2.45) is 10.7 Å². The Hall–Kier alpha value is -1.60. The van der Waals surface area contributed by atoms with Crippen molar-refractivity contribution >= 4 is 27.7 Å². The summed E-state index contributed by atoms with van der Waals surface area (Å²) in [7, 11) is 1.61. The molecule has 2 aliphatic rings. The van der Waals surface area contributed by atoms with Gasteiger partial charge in [0.2, 0.25) is 0 Å². The van der Waals surface area contributed by atoms with Crippen molar-refractivity contribution < 1.29 is 14.3 Å². The van der Waals surface area contributed by atoms with Gasteiger partial charge in [0.1, 0.15) is 11.4 Å². The Balaban J connectivity index is 2.22. The molecule has 6 nitrogen and oxygen atoms in total. The number of rotatable bonds is 2. The van der Waals surface area contributed by atoms with Crippen molar-refractivity contribution in [2.45, 2.75) is 37.3 Å². The van der Waals surface area contributed by atoms with E-state index < -0.39 is 11.1 Å². The molecule has 1 amide bonds. The summed E-state index contributed by atoms with van der Waals surface area (Å²) in [5.41, 5.74) is 4.94. The second-order valence-corrected chi connectivity index (χ2v) is 7.37. The van der Waals surface area contributed by atoms with Crippen LogP contribution in [0.25, 0.3) is 0 Å². The lowest BCUT2D eigenvalue weighted by Crippen LogP contribution is -2.57. The Morgan fingerprint density at radius 3 is 2.88 bits per heavy atom. The van der Waals surface area contributed by atoms with E-state index in [9.17, 15) is 4.79 Å². The highest BCUT2D eigenvalue weighted by molar-refractivity contribution is 9.10. The van der Waals surface area contributed by atoms with Gasteiger partial charge in [-0.1, -0.05) is 15.9 Å². The van der Waals surface area contributed by atoms with Crippen LogP contribution in [0.3, 0.4) is 0 Å².